The zero-order chi connectivity index (χ0) is 18.3. The molecule has 2 heteroatoms. The van der Waals surface area contributed by atoms with Gasteiger partial charge in [0.2, 0.25) is 0 Å². The molecule has 0 aliphatic heterocycles. The zero-order valence-corrected chi connectivity index (χ0v) is 15.8. The molecule has 0 aromatic heterocycles. The van der Waals surface area contributed by atoms with Crippen molar-refractivity contribution >= 4 is 5.57 Å². The van der Waals surface area contributed by atoms with Gasteiger partial charge in [0, 0.05) is 5.56 Å². The molecule has 0 saturated heterocycles. The highest BCUT2D eigenvalue weighted by atomic mass is 16.5. The first-order valence-corrected chi connectivity index (χ1v) is 8.05. The normalized spacial score (nSPS) is 9.96. The predicted octanol–water partition coefficient (Wildman–Crippen LogP) is 6.46. The highest BCUT2D eigenvalue weighted by Gasteiger charge is 2.10. The minimum absolute atomic E-state index is 0.763. The average molecular weight is 316 g/mol. The van der Waals surface area contributed by atoms with Gasteiger partial charge < -0.3 is 9.47 Å². The Hall–Kier alpha value is -2.22. The van der Waals surface area contributed by atoms with E-state index in [1.165, 1.54) is 0 Å². The van der Waals surface area contributed by atoms with Crippen molar-refractivity contribution in [2.45, 2.75) is 34.6 Å². The molecular weight excluding hydrogens is 284 g/mol. The van der Waals surface area contributed by atoms with Crippen LogP contribution in [-0.4, -0.2) is 14.2 Å². The van der Waals surface area contributed by atoms with Gasteiger partial charge in [-0.1, -0.05) is 65.2 Å². The molecule has 0 spiro atoms. The molecule has 1 aromatic rings. The Labute approximate surface area is 142 Å². The van der Waals surface area contributed by atoms with Crippen LogP contribution in [0.4, 0.5) is 0 Å². The lowest BCUT2D eigenvalue weighted by atomic mass is 9.98. The predicted molar refractivity (Wildman–Crippen MR) is 104 cm³/mol. The first-order chi connectivity index (χ1) is 11.2. The van der Waals surface area contributed by atoms with Crippen molar-refractivity contribution in [2.75, 3.05) is 14.2 Å². The fourth-order valence-corrected chi connectivity index (χ4v) is 1.70. The Morgan fingerprint density at radius 2 is 1.65 bits per heavy atom. The van der Waals surface area contributed by atoms with Gasteiger partial charge in [0.15, 0.2) is 0 Å². The molecule has 0 aliphatic carbocycles. The second-order valence-corrected chi connectivity index (χ2v) is 3.90. The van der Waals surface area contributed by atoms with Gasteiger partial charge in [-0.15, -0.1) is 0 Å². The van der Waals surface area contributed by atoms with Crippen LogP contribution in [0.1, 0.15) is 40.2 Å². The van der Waals surface area contributed by atoms with Gasteiger partial charge in [-0.05, 0) is 36.3 Å². The number of methoxy groups -OCH3 is 2. The van der Waals surface area contributed by atoms with Crippen LogP contribution >= 0.6 is 0 Å². The molecule has 0 heterocycles. The van der Waals surface area contributed by atoms with Gasteiger partial charge in [0.05, 0.1) is 14.2 Å². The third-order valence-corrected chi connectivity index (χ3v) is 2.77. The number of allylic oxidation sites excluding steroid dienone is 6. The highest BCUT2D eigenvalue weighted by Crippen LogP contribution is 2.33. The number of benzene rings is 1. The van der Waals surface area contributed by atoms with Gasteiger partial charge >= 0.3 is 0 Å². The zero-order valence-electron chi connectivity index (χ0n) is 15.8. The van der Waals surface area contributed by atoms with Gasteiger partial charge in [-0.25, -0.2) is 0 Å². The van der Waals surface area contributed by atoms with Crippen LogP contribution in [0.3, 0.4) is 0 Å². The summed E-state index contributed by atoms with van der Waals surface area (Å²) in [6, 6.07) is 5.64. The molecule has 23 heavy (non-hydrogen) atoms. The lowest BCUT2D eigenvalue weighted by Crippen LogP contribution is -1.94. The summed E-state index contributed by atoms with van der Waals surface area (Å²) in [5.41, 5.74) is 2.70. The number of hydrogen-bond donors (Lipinski definition) is 0. The molecule has 2 nitrogen and oxygen atoms in total. The lowest BCUT2D eigenvalue weighted by molar-refractivity contribution is 0.402. The van der Waals surface area contributed by atoms with E-state index >= 15 is 0 Å². The van der Waals surface area contributed by atoms with Crippen molar-refractivity contribution in [2.24, 2.45) is 0 Å². The molecule has 0 radical (unpaired) electrons. The molecule has 0 fully saturated rings. The van der Waals surface area contributed by atoms with E-state index in [0.717, 1.165) is 28.2 Å². The molecule has 0 saturated carbocycles. The van der Waals surface area contributed by atoms with Crippen LogP contribution in [0, 0.1) is 0 Å². The first kappa shape index (κ1) is 23.1. The van der Waals surface area contributed by atoms with Crippen LogP contribution in [-0.2, 0) is 0 Å². The lowest BCUT2D eigenvalue weighted by Gasteiger charge is -2.13. The van der Waals surface area contributed by atoms with Crippen molar-refractivity contribution in [1.29, 1.82) is 0 Å². The Bertz CT molecular complexity index is 523. The summed E-state index contributed by atoms with van der Waals surface area (Å²) in [6.45, 7) is 17.9. The van der Waals surface area contributed by atoms with E-state index < -0.39 is 0 Å². The standard InChI is InChI=1S/C17H20O2.2C2H6/c1-6-8-9-14(7-2)13(3)16-12-15(18-4)10-11-17(16)19-5;2*1-2/h6-12H,2-3H2,1,4-5H3;2*1-2H3/b8-6?,14-9+;;. The Kier molecular flexibility index (Phi) is 14.7. The molecule has 0 unspecified atom stereocenters. The molecular formula is C21H32O2. The minimum atomic E-state index is 0.763. The fraction of sp³-hybridized carbons (Fsp3) is 0.333. The Balaban J connectivity index is 0. The maximum atomic E-state index is 5.37. The van der Waals surface area contributed by atoms with Crippen molar-refractivity contribution in [3.8, 4) is 11.5 Å². The average Bonchev–Trinajstić information content (AvgIpc) is 2.64. The second kappa shape index (κ2) is 14.7. The Morgan fingerprint density at radius 3 is 2.09 bits per heavy atom. The third kappa shape index (κ3) is 7.55. The maximum absolute atomic E-state index is 5.37. The summed E-state index contributed by atoms with van der Waals surface area (Å²) < 4.78 is 10.6. The monoisotopic (exact) mass is 316 g/mol. The molecule has 0 atom stereocenters. The van der Waals surface area contributed by atoms with Crippen molar-refractivity contribution in [1.82, 2.24) is 0 Å². The molecule has 0 aliphatic rings. The quantitative estimate of drug-likeness (QED) is 0.561. The van der Waals surface area contributed by atoms with Crippen molar-refractivity contribution in [3.63, 3.8) is 0 Å². The summed E-state index contributed by atoms with van der Waals surface area (Å²) in [7, 11) is 3.28. The molecule has 0 amide bonds. The highest BCUT2D eigenvalue weighted by molar-refractivity contribution is 5.83. The molecule has 0 N–H and O–H groups in total. The fourth-order valence-electron chi connectivity index (χ4n) is 1.70. The van der Waals surface area contributed by atoms with Gasteiger partial charge in [0.1, 0.15) is 11.5 Å². The van der Waals surface area contributed by atoms with E-state index in [-0.39, 0.29) is 0 Å². The van der Waals surface area contributed by atoms with Crippen LogP contribution in [0.25, 0.3) is 5.57 Å². The van der Waals surface area contributed by atoms with E-state index in [1.54, 1.807) is 20.3 Å². The van der Waals surface area contributed by atoms with Gasteiger partial charge in [0.25, 0.3) is 0 Å². The molecule has 1 rings (SSSR count). The molecule has 0 bridgehead atoms. The summed E-state index contributed by atoms with van der Waals surface area (Å²) in [5, 5.41) is 0. The van der Waals surface area contributed by atoms with E-state index in [9.17, 15) is 0 Å². The number of rotatable bonds is 6. The summed E-state index contributed by atoms with van der Waals surface area (Å²) in [6.07, 6.45) is 7.66. The molecule has 1 aromatic carbocycles. The van der Waals surface area contributed by atoms with Crippen molar-refractivity contribution in [3.05, 3.63) is 66.8 Å². The second-order valence-electron chi connectivity index (χ2n) is 3.90. The third-order valence-electron chi connectivity index (χ3n) is 2.77. The smallest absolute Gasteiger partial charge is 0.126 e. The SMILES string of the molecule is C=C/C(=C\C=CC)C(=C)c1cc(OC)ccc1OC.CC.CC. The maximum Gasteiger partial charge on any atom is 0.126 e. The van der Waals surface area contributed by atoms with Crippen molar-refractivity contribution < 1.29 is 9.47 Å². The minimum Gasteiger partial charge on any atom is -0.497 e. The van der Waals surface area contributed by atoms with Crippen LogP contribution in [0.5, 0.6) is 11.5 Å². The van der Waals surface area contributed by atoms with E-state index in [0.29, 0.717) is 0 Å². The summed E-state index contributed by atoms with van der Waals surface area (Å²) in [4.78, 5) is 0. The number of hydrogen-bond acceptors (Lipinski definition) is 2. The van der Waals surface area contributed by atoms with Crippen LogP contribution in [0.2, 0.25) is 0 Å². The number of ether oxygens (including phenoxy) is 2. The van der Waals surface area contributed by atoms with Crippen LogP contribution < -0.4 is 9.47 Å². The largest absolute Gasteiger partial charge is 0.497 e. The van der Waals surface area contributed by atoms with Gasteiger partial charge in [-0.2, -0.15) is 0 Å². The van der Waals surface area contributed by atoms with E-state index in [2.05, 4.69) is 13.2 Å². The topological polar surface area (TPSA) is 18.5 Å². The Morgan fingerprint density at radius 1 is 1.04 bits per heavy atom. The van der Waals surface area contributed by atoms with Crippen LogP contribution in [0.15, 0.2) is 61.2 Å². The first-order valence-electron chi connectivity index (χ1n) is 8.05. The summed E-state index contributed by atoms with van der Waals surface area (Å²) >= 11 is 0. The summed E-state index contributed by atoms with van der Waals surface area (Å²) in [5.74, 6) is 1.53. The van der Waals surface area contributed by atoms with E-state index in [4.69, 9.17) is 9.47 Å². The van der Waals surface area contributed by atoms with Gasteiger partial charge in [-0.3, -0.25) is 0 Å². The van der Waals surface area contributed by atoms with E-state index in [1.807, 2.05) is 71.0 Å². The molecule has 128 valence electrons.